The molecule has 0 saturated carbocycles. The van der Waals surface area contributed by atoms with E-state index in [9.17, 15) is 9.59 Å². The molecular formula is C19H21NO6. The molecule has 2 aromatic carbocycles. The minimum atomic E-state index is -0.516. The van der Waals surface area contributed by atoms with Crippen molar-refractivity contribution in [3.05, 3.63) is 48.0 Å². The number of methoxy groups -OCH3 is 3. The number of esters is 1. The quantitative estimate of drug-likeness (QED) is 0.729. The van der Waals surface area contributed by atoms with E-state index in [0.717, 1.165) is 0 Å². The van der Waals surface area contributed by atoms with Crippen LogP contribution in [0.15, 0.2) is 42.5 Å². The summed E-state index contributed by atoms with van der Waals surface area (Å²) < 4.78 is 20.4. The van der Waals surface area contributed by atoms with E-state index >= 15 is 0 Å². The van der Waals surface area contributed by atoms with Gasteiger partial charge in [-0.2, -0.15) is 0 Å². The van der Waals surface area contributed by atoms with E-state index in [1.54, 1.807) is 42.5 Å². The minimum Gasteiger partial charge on any atom is -0.497 e. The fourth-order valence-corrected chi connectivity index (χ4v) is 2.25. The van der Waals surface area contributed by atoms with Crippen molar-refractivity contribution >= 4 is 17.6 Å². The molecule has 7 heteroatoms. The molecule has 0 atom stereocenters. The van der Waals surface area contributed by atoms with Gasteiger partial charge in [-0.1, -0.05) is 12.1 Å². The highest BCUT2D eigenvalue weighted by molar-refractivity contribution is 5.93. The third kappa shape index (κ3) is 5.41. The molecule has 0 aliphatic rings. The van der Waals surface area contributed by atoms with Crippen molar-refractivity contribution in [3.63, 3.8) is 0 Å². The van der Waals surface area contributed by atoms with E-state index in [4.69, 9.17) is 18.9 Å². The van der Waals surface area contributed by atoms with Gasteiger partial charge in [0.1, 0.15) is 5.75 Å². The molecule has 0 aliphatic carbocycles. The Balaban J connectivity index is 1.85. The Morgan fingerprint density at radius 1 is 0.923 bits per heavy atom. The first-order valence-electron chi connectivity index (χ1n) is 7.86. The summed E-state index contributed by atoms with van der Waals surface area (Å²) in [7, 11) is 4.59. The Bertz CT molecular complexity index is 774. The van der Waals surface area contributed by atoms with E-state index in [-0.39, 0.29) is 13.0 Å². The Kier molecular flexibility index (Phi) is 6.84. The molecule has 138 valence electrons. The molecule has 2 aromatic rings. The lowest BCUT2D eigenvalue weighted by molar-refractivity contribution is -0.146. The van der Waals surface area contributed by atoms with Crippen molar-refractivity contribution in [3.8, 4) is 17.2 Å². The number of benzene rings is 2. The Labute approximate surface area is 151 Å². The first kappa shape index (κ1) is 19.1. The smallest absolute Gasteiger partial charge is 0.310 e. The number of anilines is 1. The summed E-state index contributed by atoms with van der Waals surface area (Å²) in [5, 5.41) is 2.64. The van der Waals surface area contributed by atoms with Crippen molar-refractivity contribution in [1.29, 1.82) is 0 Å². The van der Waals surface area contributed by atoms with Crippen LogP contribution in [-0.4, -0.2) is 39.8 Å². The predicted octanol–water partition coefficient (Wildman–Crippen LogP) is 2.44. The SMILES string of the molecule is COc1cccc(NC(=O)COC(=O)Cc2ccc(OC)c(OC)c2)c1. The number of amides is 1. The van der Waals surface area contributed by atoms with Crippen molar-refractivity contribution in [2.24, 2.45) is 0 Å². The van der Waals surface area contributed by atoms with Crippen LogP contribution >= 0.6 is 0 Å². The number of hydrogen-bond donors (Lipinski definition) is 1. The molecule has 1 amide bonds. The van der Waals surface area contributed by atoms with E-state index in [2.05, 4.69) is 5.32 Å². The fraction of sp³-hybridized carbons (Fsp3) is 0.263. The fourth-order valence-electron chi connectivity index (χ4n) is 2.25. The summed E-state index contributed by atoms with van der Waals surface area (Å²) >= 11 is 0. The zero-order valence-electron chi connectivity index (χ0n) is 14.9. The normalized spacial score (nSPS) is 9.96. The van der Waals surface area contributed by atoms with Crippen LogP contribution in [0.25, 0.3) is 0 Å². The average Bonchev–Trinajstić information content (AvgIpc) is 2.66. The topological polar surface area (TPSA) is 83.1 Å². The van der Waals surface area contributed by atoms with Gasteiger partial charge in [-0.3, -0.25) is 9.59 Å². The second kappa shape index (κ2) is 9.31. The van der Waals surface area contributed by atoms with E-state index in [1.807, 2.05) is 0 Å². The molecule has 0 bridgehead atoms. The first-order chi connectivity index (χ1) is 12.5. The van der Waals surface area contributed by atoms with Crippen LogP contribution in [0.1, 0.15) is 5.56 Å². The largest absolute Gasteiger partial charge is 0.497 e. The van der Waals surface area contributed by atoms with Gasteiger partial charge >= 0.3 is 5.97 Å². The molecule has 7 nitrogen and oxygen atoms in total. The van der Waals surface area contributed by atoms with Gasteiger partial charge in [0, 0.05) is 11.8 Å². The lowest BCUT2D eigenvalue weighted by Crippen LogP contribution is -2.21. The Morgan fingerprint density at radius 3 is 2.38 bits per heavy atom. The van der Waals surface area contributed by atoms with Gasteiger partial charge in [-0.25, -0.2) is 0 Å². The van der Waals surface area contributed by atoms with Gasteiger partial charge in [0.2, 0.25) is 0 Å². The first-order valence-corrected chi connectivity index (χ1v) is 7.86. The highest BCUT2D eigenvalue weighted by Gasteiger charge is 2.11. The molecule has 0 radical (unpaired) electrons. The Morgan fingerprint density at radius 2 is 1.69 bits per heavy atom. The molecule has 0 aliphatic heterocycles. The lowest BCUT2D eigenvalue weighted by Gasteiger charge is -2.10. The van der Waals surface area contributed by atoms with Crippen LogP contribution in [-0.2, 0) is 20.7 Å². The van der Waals surface area contributed by atoms with Crippen LogP contribution in [0, 0.1) is 0 Å². The minimum absolute atomic E-state index is 0.0206. The number of hydrogen-bond acceptors (Lipinski definition) is 6. The van der Waals surface area contributed by atoms with Crippen molar-refractivity contribution in [1.82, 2.24) is 0 Å². The maximum Gasteiger partial charge on any atom is 0.310 e. The molecule has 26 heavy (non-hydrogen) atoms. The van der Waals surface area contributed by atoms with E-state index in [1.165, 1.54) is 21.3 Å². The molecule has 0 heterocycles. The zero-order valence-corrected chi connectivity index (χ0v) is 14.9. The average molecular weight is 359 g/mol. The summed E-state index contributed by atoms with van der Waals surface area (Å²) in [6.45, 7) is -0.372. The second-order valence-electron chi connectivity index (χ2n) is 5.31. The predicted molar refractivity (Wildman–Crippen MR) is 95.8 cm³/mol. The van der Waals surface area contributed by atoms with Gasteiger partial charge in [-0.15, -0.1) is 0 Å². The van der Waals surface area contributed by atoms with Crippen LogP contribution in [0.5, 0.6) is 17.2 Å². The van der Waals surface area contributed by atoms with Crippen LogP contribution in [0.4, 0.5) is 5.69 Å². The summed E-state index contributed by atoms with van der Waals surface area (Å²) in [6.07, 6.45) is 0.0206. The highest BCUT2D eigenvalue weighted by atomic mass is 16.5. The van der Waals surface area contributed by atoms with Gasteiger partial charge in [0.15, 0.2) is 18.1 Å². The molecular weight excluding hydrogens is 338 g/mol. The van der Waals surface area contributed by atoms with Crippen LogP contribution < -0.4 is 19.5 Å². The van der Waals surface area contributed by atoms with Crippen molar-refractivity contribution in [2.45, 2.75) is 6.42 Å². The molecule has 0 aromatic heterocycles. The number of ether oxygens (including phenoxy) is 4. The lowest BCUT2D eigenvalue weighted by atomic mass is 10.1. The molecule has 0 unspecified atom stereocenters. The van der Waals surface area contributed by atoms with Gasteiger partial charge in [-0.05, 0) is 29.8 Å². The maximum absolute atomic E-state index is 11.9. The summed E-state index contributed by atoms with van der Waals surface area (Å²) in [5.74, 6) is 0.765. The second-order valence-corrected chi connectivity index (χ2v) is 5.31. The standard InChI is InChI=1S/C19H21NO6/c1-23-15-6-4-5-14(11-15)20-18(21)12-26-19(22)10-13-7-8-16(24-2)17(9-13)25-3/h4-9,11H,10,12H2,1-3H3,(H,20,21). The van der Waals surface area contributed by atoms with E-state index in [0.29, 0.717) is 28.5 Å². The van der Waals surface area contributed by atoms with Gasteiger partial charge in [0.25, 0.3) is 5.91 Å². The number of carbonyl (C=O) groups is 2. The van der Waals surface area contributed by atoms with Gasteiger partial charge in [0.05, 0.1) is 27.8 Å². The molecule has 0 fully saturated rings. The third-order valence-electron chi connectivity index (χ3n) is 3.51. The van der Waals surface area contributed by atoms with Crippen LogP contribution in [0.3, 0.4) is 0 Å². The molecule has 0 saturated heterocycles. The third-order valence-corrected chi connectivity index (χ3v) is 3.51. The Hall–Kier alpha value is -3.22. The summed E-state index contributed by atoms with van der Waals surface area (Å²) in [6, 6.07) is 12.0. The van der Waals surface area contributed by atoms with Crippen molar-refractivity contribution < 1.29 is 28.5 Å². The molecule has 0 spiro atoms. The number of carbonyl (C=O) groups excluding carboxylic acids is 2. The van der Waals surface area contributed by atoms with Crippen LogP contribution in [0.2, 0.25) is 0 Å². The molecule has 2 rings (SSSR count). The number of nitrogens with one attached hydrogen (secondary N) is 1. The highest BCUT2D eigenvalue weighted by Crippen LogP contribution is 2.27. The summed E-state index contributed by atoms with van der Waals surface area (Å²) in [5.41, 5.74) is 1.26. The monoisotopic (exact) mass is 359 g/mol. The summed E-state index contributed by atoms with van der Waals surface area (Å²) in [4.78, 5) is 23.8. The zero-order chi connectivity index (χ0) is 18.9. The van der Waals surface area contributed by atoms with E-state index < -0.39 is 11.9 Å². The molecule has 1 N–H and O–H groups in total. The number of rotatable bonds is 8. The van der Waals surface area contributed by atoms with Gasteiger partial charge < -0.3 is 24.3 Å². The maximum atomic E-state index is 11.9. The van der Waals surface area contributed by atoms with Crippen molar-refractivity contribution in [2.75, 3.05) is 33.3 Å².